The molecule has 13 heavy (non-hydrogen) atoms. The molecule has 0 spiro atoms. The minimum absolute atomic E-state index is 1.04. The molecule has 0 bridgehead atoms. The minimum atomic E-state index is 1.04. The number of benzene rings is 1. The Kier molecular flexibility index (Phi) is 2.32. The Labute approximate surface area is 81.5 Å². The summed E-state index contributed by atoms with van der Waals surface area (Å²) in [6.45, 7) is 3.71. The van der Waals surface area contributed by atoms with Gasteiger partial charge in [0.25, 0.3) is 0 Å². The molecule has 0 saturated carbocycles. The standard InChI is InChI=1S/C11H9NS/c1-2-13-11-7-8-12-10-6-4-3-5-9(10)11/h2-8H,1H2. The molecule has 0 N–H and O–H groups in total. The lowest BCUT2D eigenvalue weighted by Crippen LogP contribution is -1.79. The van der Waals surface area contributed by atoms with Crippen LogP contribution in [0.15, 0.2) is 53.4 Å². The van der Waals surface area contributed by atoms with E-state index in [0.717, 1.165) is 5.52 Å². The van der Waals surface area contributed by atoms with Gasteiger partial charge in [0.05, 0.1) is 5.52 Å². The number of pyridine rings is 1. The highest BCUT2D eigenvalue weighted by Crippen LogP contribution is 2.26. The van der Waals surface area contributed by atoms with Crippen LogP contribution in [0.25, 0.3) is 10.9 Å². The quantitative estimate of drug-likeness (QED) is 0.668. The van der Waals surface area contributed by atoms with Crippen LogP contribution in [0, 0.1) is 0 Å². The normalized spacial score (nSPS) is 10.2. The number of para-hydroxylation sites is 1. The summed E-state index contributed by atoms with van der Waals surface area (Å²) in [6.07, 6.45) is 1.83. The van der Waals surface area contributed by atoms with Gasteiger partial charge in [-0.15, -0.1) is 0 Å². The summed E-state index contributed by atoms with van der Waals surface area (Å²) in [5.74, 6) is 0. The Hall–Kier alpha value is -1.28. The Balaban J connectivity index is 2.68. The molecule has 0 fully saturated rings. The van der Waals surface area contributed by atoms with E-state index in [1.165, 1.54) is 10.3 Å². The van der Waals surface area contributed by atoms with Crippen LogP contribution in [0.5, 0.6) is 0 Å². The lowest BCUT2D eigenvalue weighted by molar-refractivity contribution is 1.36. The molecule has 1 nitrogen and oxygen atoms in total. The molecule has 0 aliphatic rings. The molecule has 2 aromatic rings. The predicted molar refractivity (Wildman–Crippen MR) is 57.8 cm³/mol. The van der Waals surface area contributed by atoms with Gasteiger partial charge in [0.1, 0.15) is 0 Å². The second-order valence-corrected chi connectivity index (χ2v) is 3.62. The zero-order valence-corrected chi connectivity index (χ0v) is 7.92. The fraction of sp³-hybridized carbons (Fsp3) is 0. The first kappa shape index (κ1) is 8.32. The molecule has 1 aromatic carbocycles. The molecule has 1 heterocycles. The molecule has 2 rings (SSSR count). The van der Waals surface area contributed by atoms with Crippen molar-refractivity contribution in [2.75, 3.05) is 0 Å². The summed E-state index contributed by atoms with van der Waals surface area (Å²) in [5, 5.41) is 3.02. The molecule has 1 aromatic heterocycles. The third kappa shape index (κ3) is 1.58. The smallest absolute Gasteiger partial charge is 0.0713 e. The monoisotopic (exact) mass is 187 g/mol. The van der Waals surface area contributed by atoms with Crippen LogP contribution in [0.1, 0.15) is 0 Å². The summed E-state index contributed by atoms with van der Waals surface area (Å²) in [4.78, 5) is 5.49. The summed E-state index contributed by atoms with van der Waals surface area (Å²) in [7, 11) is 0. The molecule has 0 saturated heterocycles. The van der Waals surface area contributed by atoms with Crippen LogP contribution < -0.4 is 0 Å². The van der Waals surface area contributed by atoms with Crippen LogP contribution in [0.4, 0.5) is 0 Å². The first-order chi connectivity index (χ1) is 6.42. The topological polar surface area (TPSA) is 12.9 Å². The highest BCUT2D eigenvalue weighted by Gasteiger charge is 1.98. The summed E-state index contributed by atoms with van der Waals surface area (Å²) >= 11 is 1.63. The fourth-order valence-corrected chi connectivity index (χ4v) is 1.88. The molecule has 0 amide bonds. The minimum Gasteiger partial charge on any atom is -0.256 e. The van der Waals surface area contributed by atoms with E-state index in [9.17, 15) is 0 Å². The van der Waals surface area contributed by atoms with Crippen LogP contribution in [-0.2, 0) is 0 Å². The lowest BCUT2D eigenvalue weighted by atomic mass is 10.2. The average Bonchev–Trinajstić information content (AvgIpc) is 2.19. The number of rotatable bonds is 2. The van der Waals surface area contributed by atoms with Gasteiger partial charge in [0, 0.05) is 16.5 Å². The molecule has 0 aliphatic heterocycles. The summed E-state index contributed by atoms with van der Waals surface area (Å²) in [6, 6.07) is 10.1. The van der Waals surface area contributed by atoms with Crippen molar-refractivity contribution in [1.82, 2.24) is 4.98 Å². The van der Waals surface area contributed by atoms with Crippen molar-refractivity contribution in [2.24, 2.45) is 0 Å². The van der Waals surface area contributed by atoms with Gasteiger partial charge in [-0.2, -0.15) is 0 Å². The maximum Gasteiger partial charge on any atom is 0.0713 e. The van der Waals surface area contributed by atoms with E-state index in [1.807, 2.05) is 35.9 Å². The number of hydrogen-bond acceptors (Lipinski definition) is 2. The van der Waals surface area contributed by atoms with Gasteiger partial charge in [0.2, 0.25) is 0 Å². The van der Waals surface area contributed by atoms with E-state index in [4.69, 9.17) is 0 Å². The maximum atomic E-state index is 4.28. The van der Waals surface area contributed by atoms with Crippen molar-refractivity contribution >= 4 is 22.7 Å². The first-order valence-corrected chi connectivity index (χ1v) is 4.91. The van der Waals surface area contributed by atoms with E-state index in [2.05, 4.69) is 17.6 Å². The number of thioether (sulfide) groups is 1. The second kappa shape index (κ2) is 3.62. The first-order valence-electron chi connectivity index (χ1n) is 4.03. The van der Waals surface area contributed by atoms with Gasteiger partial charge >= 0.3 is 0 Å². The van der Waals surface area contributed by atoms with Gasteiger partial charge in [-0.3, -0.25) is 4.98 Å². The van der Waals surface area contributed by atoms with Gasteiger partial charge in [-0.25, -0.2) is 0 Å². The lowest BCUT2D eigenvalue weighted by Gasteiger charge is -2.01. The third-order valence-corrected chi connectivity index (χ3v) is 2.60. The molecule has 0 aliphatic carbocycles. The largest absolute Gasteiger partial charge is 0.256 e. The SMILES string of the molecule is C=CSc1ccnc2ccccc12. The van der Waals surface area contributed by atoms with E-state index in [-0.39, 0.29) is 0 Å². The van der Waals surface area contributed by atoms with E-state index in [0.29, 0.717) is 0 Å². The molecular weight excluding hydrogens is 178 g/mol. The van der Waals surface area contributed by atoms with Crippen molar-refractivity contribution < 1.29 is 0 Å². The van der Waals surface area contributed by atoms with Crippen LogP contribution in [0.3, 0.4) is 0 Å². The number of nitrogens with zero attached hydrogens (tertiary/aromatic N) is 1. The summed E-state index contributed by atoms with van der Waals surface area (Å²) < 4.78 is 0. The van der Waals surface area contributed by atoms with Crippen LogP contribution in [-0.4, -0.2) is 4.98 Å². The molecule has 2 heteroatoms. The maximum absolute atomic E-state index is 4.28. The van der Waals surface area contributed by atoms with Crippen LogP contribution >= 0.6 is 11.8 Å². The molecule has 0 atom stereocenters. The number of aromatic nitrogens is 1. The highest BCUT2D eigenvalue weighted by atomic mass is 32.2. The Morgan fingerprint density at radius 3 is 2.92 bits per heavy atom. The Morgan fingerprint density at radius 1 is 1.23 bits per heavy atom. The van der Waals surface area contributed by atoms with Crippen molar-refractivity contribution in [3.8, 4) is 0 Å². The van der Waals surface area contributed by atoms with Crippen LogP contribution in [0.2, 0.25) is 0 Å². The van der Waals surface area contributed by atoms with Crippen molar-refractivity contribution in [3.05, 3.63) is 48.5 Å². The van der Waals surface area contributed by atoms with Gasteiger partial charge in [-0.05, 0) is 17.5 Å². The number of fused-ring (bicyclic) bond motifs is 1. The van der Waals surface area contributed by atoms with E-state index >= 15 is 0 Å². The van der Waals surface area contributed by atoms with Crippen molar-refractivity contribution in [3.63, 3.8) is 0 Å². The van der Waals surface area contributed by atoms with E-state index < -0.39 is 0 Å². The second-order valence-electron chi connectivity index (χ2n) is 2.61. The Morgan fingerprint density at radius 2 is 2.08 bits per heavy atom. The van der Waals surface area contributed by atoms with Gasteiger partial charge in [-0.1, -0.05) is 36.5 Å². The Bertz CT molecular complexity index is 432. The zero-order chi connectivity index (χ0) is 9.10. The molecule has 64 valence electrons. The predicted octanol–water partition coefficient (Wildman–Crippen LogP) is 3.47. The number of hydrogen-bond donors (Lipinski definition) is 0. The highest BCUT2D eigenvalue weighted by molar-refractivity contribution is 8.02. The van der Waals surface area contributed by atoms with Gasteiger partial charge < -0.3 is 0 Å². The average molecular weight is 187 g/mol. The zero-order valence-electron chi connectivity index (χ0n) is 7.10. The van der Waals surface area contributed by atoms with Gasteiger partial charge in [0.15, 0.2) is 0 Å². The fourth-order valence-electron chi connectivity index (χ4n) is 1.26. The van der Waals surface area contributed by atoms with E-state index in [1.54, 1.807) is 11.8 Å². The third-order valence-electron chi connectivity index (χ3n) is 1.82. The molecular formula is C11H9NS. The molecule has 0 unspecified atom stereocenters. The van der Waals surface area contributed by atoms with Crippen molar-refractivity contribution in [1.29, 1.82) is 0 Å². The molecule has 0 radical (unpaired) electrons. The summed E-state index contributed by atoms with van der Waals surface area (Å²) in [5.41, 5.74) is 1.04. The van der Waals surface area contributed by atoms with Crippen molar-refractivity contribution in [2.45, 2.75) is 4.90 Å².